The van der Waals surface area contributed by atoms with Gasteiger partial charge in [0.2, 0.25) is 0 Å². The molecular weight excluding hydrogens is 294 g/mol. The molecule has 116 valence electrons. The molecule has 1 atom stereocenters. The highest BCUT2D eigenvalue weighted by molar-refractivity contribution is 7.19. The maximum atomic E-state index is 11.7. The fourth-order valence-electron chi connectivity index (χ4n) is 2.54. The summed E-state index contributed by atoms with van der Waals surface area (Å²) >= 11 is 1.11. The fraction of sp³-hybridized carbons (Fsp3) is 0.538. The minimum Gasteiger partial charge on any atom is -0.465 e. The number of primary amides is 1. The largest absolute Gasteiger partial charge is 0.465 e. The molecular formula is C13H19N3O4S. The van der Waals surface area contributed by atoms with Crippen molar-refractivity contribution in [3.05, 3.63) is 10.4 Å². The third-order valence-electron chi connectivity index (χ3n) is 3.61. The normalized spacial score (nSPS) is 18.6. The van der Waals surface area contributed by atoms with Crippen LogP contribution in [-0.2, 0) is 4.74 Å². The van der Waals surface area contributed by atoms with E-state index in [1.165, 1.54) is 7.11 Å². The molecule has 5 N–H and O–H groups in total. The standard InChI is InChI=1S/C13H19N3O4S/c1-20-13(19)10-9(14)8(11(15)18)12(21-10)16-4-2-3-7(5-16)6-17/h7,17H,2-6,14H2,1H3,(H2,15,18). The summed E-state index contributed by atoms with van der Waals surface area (Å²) in [7, 11) is 1.26. The third kappa shape index (κ3) is 2.96. The number of nitrogens with two attached hydrogens (primary N) is 2. The van der Waals surface area contributed by atoms with Crippen LogP contribution in [0.5, 0.6) is 0 Å². The molecule has 0 saturated carbocycles. The van der Waals surface area contributed by atoms with Crippen molar-refractivity contribution >= 4 is 33.9 Å². The molecule has 21 heavy (non-hydrogen) atoms. The second-order valence-electron chi connectivity index (χ2n) is 5.02. The Bertz CT molecular complexity index is 558. The Labute approximate surface area is 126 Å². The van der Waals surface area contributed by atoms with Gasteiger partial charge in [0.1, 0.15) is 9.88 Å². The highest BCUT2D eigenvalue weighted by atomic mass is 32.1. The van der Waals surface area contributed by atoms with Gasteiger partial charge in [0, 0.05) is 19.7 Å². The molecule has 1 saturated heterocycles. The number of aliphatic hydroxyl groups is 1. The van der Waals surface area contributed by atoms with Crippen molar-refractivity contribution in [2.45, 2.75) is 12.8 Å². The number of thiophene rings is 1. The van der Waals surface area contributed by atoms with E-state index in [4.69, 9.17) is 11.5 Å². The van der Waals surface area contributed by atoms with E-state index in [1.807, 2.05) is 4.90 Å². The van der Waals surface area contributed by atoms with E-state index in [2.05, 4.69) is 4.74 Å². The lowest BCUT2D eigenvalue weighted by atomic mass is 9.99. The molecule has 1 aromatic rings. The summed E-state index contributed by atoms with van der Waals surface area (Å²) in [6, 6.07) is 0. The van der Waals surface area contributed by atoms with Crippen LogP contribution in [0.3, 0.4) is 0 Å². The lowest BCUT2D eigenvalue weighted by Crippen LogP contribution is -2.37. The number of amides is 1. The number of piperidine rings is 1. The first kappa shape index (κ1) is 15.6. The molecule has 8 heteroatoms. The van der Waals surface area contributed by atoms with Gasteiger partial charge in [0.15, 0.2) is 0 Å². The topological polar surface area (TPSA) is 119 Å². The SMILES string of the molecule is COC(=O)c1sc(N2CCCC(CO)C2)c(C(N)=O)c1N. The minimum absolute atomic E-state index is 0.0699. The molecule has 1 unspecified atom stereocenters. The molecule has 0 spiro atoms. The first-order valence-electron chi connectivity index (χ1n) is 6.65. The fourth-order valence-corrected chi connectivity index (χ4v) is 3.71. The number of ether oxygens (including phenoxy) is 1. The highest BCUT2D eigenvalue weighted by Crippen LogP contribution is 2.40. The summed E-state index contributed by atoms with van der Waals surface area (Å²) in [6.07, 6.45) is 1.83. The van der Waals surface area contributed by atoms with Gasteiger partial charge in [-0.3, -0.25) is 4.79 Å². The number of hydrogen-bond acceptors (Lipinski definition) is 7. The summed E-state index contributed by atoms with van der Waals surface area (Å²) in [5, 5.41) is 9.89. The minimum atomic E-state index is -0.667. The van der Waals surface area contributed by atoms with E-state index in [-0.39, 0.29) is 28.7 Å². The Kier molecular flexibility index (Phi) is 4.69. The number of nitrogen functional groups attached to an aromatic ring is 1. The number of carbonyl (C=O) groups excluding carboxylic acids is 2. The van der Waals surface area contributed by atoms with Crippen LogP contribution in [0.15, 0.2) is 0 Å². The predicted molar refractivity (Wildman–Crippen MR) is 80.6 cm³/mol. The second kappa shape index (κ2) is 6.31. The van der Waals surface area contributed by atoms with Crippen molar-refractivity contribution in [1.29, 1.82) is 0 Å². The monoisotopic (exact) mass is 313 g/mol. The Hall–Kier alpha value is -1.80. The Balaban J connectivity index is 2.42. The van der Waals surface area contributed by atoms with E-state index in [0.29, 0.717) is 11.5 Å². The van der Waals surface area contributed by atoms with Crippen molar-refractivity contribution in [2.24, 2.45) is 11.7 Å². The zero-order valence-electron chi connectivity index (χ0n) is 11.8. The average molecular weight is 313 g/mol. The zero-order chi connectivity index (χ0) is 15.6. The molecule has 7 nitrogen and oxygen atoms in total. The van der Waals surface area contributed by atoms with Crippen molar-refractivity contribution in [1.82, 2.24) is 0 Å². The van der Waals surface area contributed by atoms with E-state index >= 15 is 0 Å². The summed E-state index contributed by atoms with van der Waals surface area (Å²) in [4.78, 5) is 25.5. The predicted octanol–water partition coefficient (Wildman–Crippen LogP) is 0.425. The molecule has 1 amide bonds. The zero-order valence-corrected chi connectivity index (χ0v) is 12.6. The second-order valence-corrected chi connectivity index (χ2v) is 6.02. The molecule has 1 aliphatic heterocycles. The summed E-state index contributed by atoms with van der Waals surface area (Å²) in [5.74, 6) is -1.11. The Morgan fingerprint density at radius 3 is 2.81 bits per heavy atom. The smallest absolute Gasteiger partial charge is 0.350 e. The number of aliphatic hydroxyl groups excluding tert-OH is 1. The van der Waals surface area contributed by atoms with Crippen molar-refractivity contribution in [2.75, 3.05) is 37.4 Å². The van der Waals surface area contributed by atoms with E-state index in [9.17, 15) is 14.7 Å². The van der Waals surface area contributed by atoms with Crippen molar-refractivity contribution in [3.63, 3.8) is 0 Å². The van der Waals surface area contributed by atoms with Gasteiger partial charge < -0.3 is 26.2 Å². The molecule has 0 aliphatic carbocycles. The average Bonchev–Trinajstić information content (AvgIpc) is 2.84. The number of hydrogen-bond donors (Lipinski definition) is 3. The number of methoxy groups -OCH3 is 1. The number of carbonyl (C=O) groups is 2. The molecule has 1 aliphatic rings. The lowest BCUT2D eigenvalue weighted by molar-refractivity contribution is 0.0607. The van der Waals surface area contributed by atoms with Gasteiger partial charge >= 0.3 is 5.97 Å². The molecule has 0 radical (unpaired) electrons. The highest BCUT2D eigenvalue weighted by Gasteiger charge is 2.30. The maximum absolute atomic E-state index is 11.7. The van der Waals surface area contributed by atoms with Gasteiger partial charge in [-0.1, -0.05) is 0 Å². The van der Waals surface area contributed by atoms with Crippen molar-refractivity contribution < 1.29 is 19.4 Å². The molecule has 1 fully saturated rings. The molecule has 2 heterocycles. The number of esters is 1. The summed E-state index contributed by atoms with van der Waals surface area (Å²) < 4.78 is 4.68. The number of anilines is 2. The quantitative estimate of drug-likeness (QED) is 0.693. The van der Waals surface area contributed by atoms with Gasteiger partial charge in [0.05, 0.1) is 18.4 Å². The van der Waals surface area contributed by atoms with Gasteiger partial charge in [-0.15, -0.1) is 11.3 Å². The maximum Gasteiger partial charge on any atom is 0.350 e. The van der Waals surface area contributed by atoms with Gasteiger partial charge in [-0.05, 0) is 18.8 Å². The Morgan fingerprint density at radius 2 is 2.24 bits per heavy atom. The van der Waals surface area contributed by atoms with Crippen LogP contribution < -0.4 is 16.4 Å². The van der Waals surface area contributed by atoms with Crippen LogP contribution in [0.1, 0.15) is 32.9 Å². The van der Waals surface area contributed by atoms with Gasteiger partial charge in [-0.25, -0.2) is 4.79 Å². The molecule has 0 aromatic carbocycles. The van der Waals surface area contributed by atoms with Crippen LogP contribution in [0.2, 0.25) is 0 Å². The molecule has 0 bridgehead atoms. The van der Waals surface area contributed by atoms with Crippen LogP contribution in [-0.4, -0.2) is 43.8 Å². The third-order valence-corrected chi connectivity index (χ3v) is 4.85. The molecule has 2 rings (SSSR count). The van der Waals surface area contributed by atoms with Crippen LogP contribution >= 0.6 is 11.3 Å². The molecule has 1 aromatic heterocycles. The van der Waals surface area contributed by atoms with Gasteiger partial charge in [0.25, 0.3) is 5.91 Å². The van der Waals surface area contributed by atoms with E-state index < -0.39 is 11.9 Å². The summed E-state index contributed by atoms with van der Waals surface area (Å²) in [5.41, 5.74) is 11.5. The van der Waals surface area contributed by atoms with E-state index in [0.717, 1.165) is 30.7 Å². The first-order chi connectivity index (χ1) is 9.99. The summed E-state index contributed by atoms with van der Waals surface area (Å²) in [6.45, 7) is 1.43. The van der Waals surface area contributed by atoms with Gasteiger partial charge in [-0.2, -0.15) is 0 Å². The van der Waals surface area contributed by atoms with E-state index in [1.54, 1.807) is 0 Å². The Morgan fingerprint density at radius 1 is 1.52 bits per heavy atom. The van der Waals surface area contributed by atoms with Crippen LogP contribution in [0, 0.1) is 5.92 Å². The first-order valence-corrected chi connectivity index (χ1v) is 7.47. The number of nitrogens with zero attached hydrogens (tertiary/aromatic N) is 1. The van der Waals surface area contributed by atoms with Crippen LogP contribution in [0.25, 0.3) is 0 Å². The lowest BCUT2D eigenvalue weighted by Gasteiger charge is -2.33. The van der Waals surface area contributed by atoms with Crippen LogP contribution in [0.4, 0.5) is 10.7 Å². The number of rotatable bonds is 4. The van der Waals surface area contributed by atoms with Crippen molar-refractivity contribution in [3.8, 4) is 0 Å².